The summed E-state index contributed by atoms with van der Waals surface area (Å²) in [6, 6.07) is 16.1. The van der Waals surface area contributed by atoms with E-state index in [9.17, 15) is 4.79 Å². The lowest BCUT2D eigenvalue weighted by atomic mass is 10.2. The molecule has 0 fully saturated rings. The third kappa shape index (κ3) is 3.70. The molecule has 0 aliphatic rings. The first kappa shape index (κ1) is 16.7. The van der Waals surface area contributed by atoms with Crippen LogP contribution in [0.5, 0.6) is 0 Å². The minimum absolute atomic E-state index is 0.0412. The number of nitrogens with one attached hydrogen (secondary N) is 1. The van der Waals surface area contributed by atoms with Crippen LogP contribution in [0, 0.1) is 18.3 Å². The zero-order valence-corrected chi connectivity index (χ0v) is 14.2. The van der Waals surface area contributed by atoms with Crippen LogP contribution in [0.25, 0.3) is 11.5 Å². The lowest BCUT2D eigenvalue weighted by molar-refractivity contribution is -0.115. The quantitative estimate of drug-likeness (QED) is 0.757. The van der Waals surface area contributed by atoms with E-state index in [1.54, 1.807) is 43.3 Å². The van der Waals surface area contributed by atoms with Crippen LogP contribution in [-0.4, -0.2) is 10.9 Å². The molecule has 0 saturated heterocycles. The van der Waals surface area contributed by atoms with E-state index in [2.05, 4.69) is 10.3 Å². The van der Waals surface area contributed by atoms with Crippen LogP contribution in [0.1, 0.15) is 17.0 Å². The van der Waals surface area contributed by atoms with E-state index in [0.717, 1.165) is 0 Å². The Bertz CT molecular complexity index is 973. The highest BCUT2D eigenvalue weighted by Gasteiger charge is 2.17. The van der Waals surface area contributed by atoms with Gasteiger partial charge in [-0.2, -0.15) is 5.26 Å². The summed E-state index contributed by atoms with van der Waals surface area (Å²) >= 11 is 6.16. The van der Waals surface area contributed by atoms with Crippen LogP contribution in [0.3, 0.4) is 0 Å². The highest BCUT2D eigenvalue weighted by molar-refractivity contribution is 6.33. The van der Waals surface area contributed by atoms with Crippen LogP contribution < -0.4 is 5.32 Å². The number of rotatable bonds is 4. The zero-order chi connectivity index (χ0) is 17.8. The first-order chi connectivity index (χ1) is 12.1. The number of para-hydroxylation sites is 1. The normalized spacial score (nSPS) is 10.3. The SMILES string of the molecule is Cc1oc(-c2ccccc2Cl)nc1CC(=O)Nc1ccccc1C#N. The van der Waals surface area contributed by atoms with E-state index < -0.39 is 0 Å². The van der Waals surface area contributed by atoms with E-state index in [1.807, 2.05) is 18.2 Å². The molecule has 0 aliphatic heterocycles. The molecule has 2 aromatic carbocycles. The second-order valence-corrected chi connectivity index (χ2v) is 5.79. The number of anilines is 1. The molecule has 0 spiro atoms. The van der Waals surface area contributed by atoms with Gasteiger partial charge in [-0.1, -0.05) is 35.9 Å². The number of nitriles is 1. The fourth-order valence-electron chi connectivity index (χ4n) is 2.38. The van der Waals surface area contributed by atoms with Gasteiger partial charge in [0, 0.05) is 0 Å². The van der Waals surface area contributed by atoms with Crippen molar-refractivity contribution in [3.8, 4) is 17.5 Å². The molecule has 25 heavy (non-hydrogen) atoms. The predicted octanol–water partition coefficient (Wildman–Crippen LogP) is 4.36. The van der Waals surface area contributed by atoms with E-state index in [-0.39, 0.29) is 12.3 Å². The van der Waals surface area contributed by atoms with Gasteiger partial charge in [0.1, 0.15) is 11.8 Å². The standard InChI is InChI=1S/C19H14ClN3O2/c1-12-17(23-19(25-12)14-7-3-4-8-15(14)20)10-18(24)22-16-9-5-2-6-13(16)11-21/h2-9H,10H2,1H3,(H,22,24). The van der Waals surface area contributed by atoms with E-state index in [1.165, 1.54) is 0 Å². The molecular formula is C19H14ClN3O2. The number of halogens is 1. The first-order valence-electron chi connectivity index (χ1n) is 7.58. The predicted molar refractivity (Wildman–Crippen MR) is 95.2 cm³/mol. The van der Waals surface area contributed by atoms with Crippen LogP contribution in [0.2, 0.25) is 5.02 Å². The average Bonchev–Trinajstić information content (AvgIpc) is 2.96. The number of carbonyl (C=O) groups excluding carboxylic acids is 1. The molecule has 1 aromatic heterocycles. The number of aromatic nitrogens is 1. The molecular weight excluding hydrogens is 338 g/mol. The molecule has 0 aliphatic carbocycles. The van der Waals surface area contributed by atoms with Crippen molar-refractivity contribution < 1.29 is 9.21 Å². The van der Waals surface area contributed by atoms with E-state index in [0.29, 0.717) is 39.2 Å². The molecule has 3 aromatic rings. The number of hydrogen-bond acceptors (Lipinski definition) is 4. The minimum atomic E-state index is -0.273. The number of oxazole rings is 1. The maximum absolute atomic E-state index is 12.3. The Balaban J connectivity index is 1.79. The second kappa shape index (κ2) is 7.20. The van der Waals surface area contributed by atoms with Gasteiger partial charge >= 0.3 is 0 Å². The zero-order valence-electron chi connectivity index (χ0n) is 13.4. The minimum Gasteiger partial charge on any atom is -0.441 e. The third-order valence-electron chi connectivity index (χ3n) is 3.65. The van der Waals surface area contributed by atoms with Crippen molar-refractivity contribution in [1.82, 2.24) is 4.98 Å². The lowest BCUT2D eigenvalue weighted by Gasteiger charge is -2.05. The van der Waals surface area contributed by atoms with Crippen LogP contribution in [-0.2, 0) is 11.2 Å². The largest absolute Gasteiger partial charge is 0.441 e. The van der Waals surface area contributed by atoms with Gasteiger partial charge in [-0.3, -0.25) is 4.79 Å². The van der Waals surface area contributed by atoms with Crippen LogP contribution in [0.4, 0.5) is 5.69 Å². The van der Waals surface area contributed by atoms with Crippen molar-refractivity contribution in [3.05, 3.63) is 70.6 Å². The smallest absolute Gasteiger partial charge is 0.230 e. The molecule has 0 unspecified atom stereocenters. The summed E-state index contributed by atoms with van der Waals surface area (Å²) in [6.07, 6.45) is 0.0412. The molecule has 124 valence electrons. The molecule has 5 nitrogen and oxygen atoms in total. The maximum Gasteiger partial charge on any atom is 0.230 e. The monoisotopic (exact) mass is 351 g/mol. The fourth-order valence-corrected chi connectivity index (χ4v) is 2.59. The fraction of sp³-hybridized carbons (Fsp3) is 0.105. The Morgan fingerprint density at radius 2 is 1.96 bits per heavy atom. The molecule has 3 rings (SSSR count). The van der Waals surface area contributed by atoms with Gasteiger partial charge in [0.2, 0.25) is 11.8 Å². The van der Waals surface area contributed by atoms with Crippen LogP contribution in [0.15, 0.2) is 52.9 Å². The van der Waals surface area contributed by atoms with Gasteiger partial charge in [-0.05, 0) is 31.2 Å². The summed E-state index contributed by atoms with van der Waals surface area (Å²) in [7, 11) is 0. The number of nitrogens with zero attached hydrogens (tertiary/aromatic N) is 2. The van der Waals surface area contributed by atoms with Crippen molar-refractivity contribution in [2.75, 3.05) is 5.32 Å². The van der Waals surface area contributed by atoms with Crippen molar-refractivity contribution in [1.29, 1.82) is 5.26 Å². The molecule has 0 radical (unpaired) electrons. The molecule has 6 heteroatoms. The third-order valence-corrected chi connectivity index (χ3v) is 3.98. The van der Waals surface area contributed by atoms with Crippen molar-refractivity contribution in [2.24, 2.45) is 0 Å². The van der Waals surface area contributed by atoms with Gasteiger partial charge in [0.25, 0.3) is 0 Å². The van der Waals surface area contributed by atoms with Crippen LogP contribution >= 0.6 is 11.6 Å². The van der Waals surface area contributed by atoms with Gasteiger partial charge in [0.15, 0.2) is 0 Å². The summed E-state index contributed by atoms with van der Waals surface area (Å²) in [4.78, 5) is 16.7. The van der Waals surface area contributed by atoms with E-state index >= 15 is 0 Å². The average molecular weight is 352 g/mol. The second-order valence-electron chi connectivity index (χ2n) is 5.38. The van der Waals surface area contributed by atoms with Gasteiger partial charge in [-0.25, -0.2) is 4.98 Å². The van der Waals surface area contributed by atoms with Gasteiger partial charge in [-0.15, -0.1) is 0 Å². The Kier molecular flexibility index (Phi) is 4.82. The maximum atomic E-state index is 12.3. The molecule has 0 saturated carbocycles. The number of benzene rings is 2. The Morgan fingerprint density at radius 1 is 1.24 bits per heavy atom. The Labute approximate surface area is 149 Å². The first-order valence-corrected chi connectivity index (χ1v) is 7.96. The van der Waals surface area contributed by atoms with Gasteiger partial charge < -0.3 is 9.73 Å². The van der Waals surface area contributed by atoms with E-state index in [4.69, 9.17) is 21.3 Å². The van der Waals surface area contributed by atoms with Crippen molar-refractivity contribution in [2.45, 2.75) is 13.3 Å². The molecule has 1 N–H and O–H groups in total. The Morgan fingerprint density at radius 3 is 2.72 bits per heavy atom. The molecule has 1 amide bonds. The van der Waals surface area contributed by atoms with Crippen molar-refractivity contribution in [3.63, 3.8) is 0 Å². The number of amides is 1. The summed E-state index contributed by atoms with van der Waals surface area (Å²) in [5, 5.41) is 12.3. The number of hydrogen-bond donors (Lipinski definition) is 1. The number of carbonyl (C=O) groups is 1. The molecule has 1 heterocycles. The lowest BCUT2D eigenvalue weighted by Crippen LogP contribution is -2.16. The highest BCUT2D eigenvalue weighted by Crippen LogP contribution is 2.28. The summed E-state index contributed by atoms with van der Waals surface area (Å²) < 4.78 is 5.65. The van der Waals surface area contributed by atoms with Crippen molar-refractivity contribution >= 4 is 23.2 Å². The summed E-state index contributed by atoms with van der Waals surface area (Å²) in [5.74, 6) is 0.659. The summed E-state index contributed by atoms with van der Waals surface area (Å²) in [5.41, 5.74) is 2.09. The highest BCUT2D eigenvalue weighted by atomic mass is 35.5. The van der Waals surface area contributed by atoms with Gasteiger partial charge in [0.05, 0.1) is 34.0 Å². The molecule has 0 atom stereocenters. The molecule has 0 bridgehead atoms. The number of aryl methyl sites for hydroxylation is 1. The summed E-state index contributed by atoms with van der Waals surface area (Å²) in [6.45, 7) is 1.75. The topological polar surface area (TPSA) is 78.9 Å². The Hall–Kier alpha value is -3.10.